The summed E-state index contributed by atoms with van der Waals surface area (Å²) in [5.41, 5.74) is 1.16. The predicted octanol–water partition coefficient (Wildman–Crippen LogP) is 3.08. The molecule has 1 saturated heterocycles. The number of carbonyl (C=O) groups excluding carboxylic acids is 1. The van der Waals surface area contributed by atoms with E-state index in [0.717, 1.165) is 24.9 Å². The Kier molecular flexibility index (Phi) is 5.40. The summed E-state index contributed by atoms with van der Waals surface area (Å²) >= 11 is 1.75. The highest BCUT2D eigenvalue weighted by Gasteiger charge is 2.19. The fourth-order valence-corrected chi connectivity index (χ4v) is 3.28. The highest BCUT2D eigenvalue weighted by Crippen LogP contribution is 2.21. The topological polar surface area (TPSA) is 41.1 Å². The van der Waals surface area contributed by atoms with Gasteiger partial charge in [0.05, 0.1) is 6.04 Å². The Labute approximate surface area is 129 Å². The third-order valence-corrected chi connectivity index (χ3v) is 4.51. The molecule has 0 bridgehead atoms. The lowest BCUT2D eigenvalue weighted by molar-refractivity contribution is -0.123. The van der Waals surface area contributed by atoms with Crippen LogP contribution in [-0.2, 0) is 11.3 Å². The standard InChI is InChI=1S/C15H18N2OS.ClH/c18-15(13-3-1-2-7-16-13)17-10-11-4-5-14-12(9-11)6-8-19-14;/h4-6,8-9,13,16H,1-3,7,10H2,(H,17,18);1H/t13-;/m1./s1. The fourth-order valence-electron chi connectivity index (χ4n) is 2.51. The highest BCUT2D eigenvalue weighted by molar-refractivity contribution is 7.17. The molecule has 1 aliphatic rings. The lowest BCUT2D eigenvalue weighted by Gasteiger charge is -2.22. The first-order valence-electron chi connectivity index (χ1n) is 6.80. The molecule has 2 aromatic rings. The van der Waals surface area contributed by atoms with E-state index >= 15 is 0 Å². The van der Waals surface area contributed by atoms with Gasteiger partial charge in [0, 0.05) is 11.2 Å². The van der Waals surface area contributed by atoms with Gasteiger partial charge in [0.15, 0.2) is 0 Å². The lowest BCUT2D eigenvalue weighted by atomic mass is 10.0. The summed E-state index contributed by atoms with van der Waals surface area (Å²) in [6.45, 7) is 1.57. The molecule has 0 aliphatic carbocycles. The Morgan fingerprint density at radius 3 is 3.05 bits per heavy atom. The third kappa shape index (κ3) is 3.51. The molecule has 3 rings (SSSR count). The van der Waals surface area contributed by atoms with Crippen molar-refractivity contribution in [2.24, 2.45) is 0 Å². The number of hydrogen-bond acceptors (Lipinski definition) is 3. The van der Waals surface area contributed by atoms with Crippen LogP contribution in [0.3, 0.4) is 0 Å². The average molecular weight is 311 g/mol. The smallest absolute Gasteiger partial charge is 0.237 e. The van der Waals surface area contributed by atoms with Crippen molar-refractivity contribution in [2.45, 2.75) is 31.8 Å². The number of piperidine rings is 1. The number of thiophene rings is 1. The van der Waals surface area contributed by atoms with Gasteiger partial charge in [-0.1, -0.05) is 12.5 Å². The van der Waals surface area contributed by atoms with Gasteiger partial charge in [0.25, 0.3) is 0 Å². The van der Waals surface area contributed by atoms with Gasteiger partial charge >= 0.3 is 0 Å². The molecule has 1 aromatic carbocycles. The van der Waals surface area contributed by atoms with E-state index in [1.165, 1.54) is 16.5 Å². The van der Waals surface area contributed by atoms with Crippen LogP contribution in [0.1, 0.15) is 24.8 Å². The van der Waals surface area contributed by atoms with E-state index in [2.05, 4.69) is 40.3 Å². The van der Waals surface area contributed by atoms with Gasteiger partial charge < -0.3 is 10.6 Å². The number of carbonyl (C=O) groups is 1. The maximum atomic E-state index is 12.0. The van der Waals surface area contributed by atoms with E-state index in [-0.39, 0.29) is 24.4 Å². The zero-order chi connectivity index (χ0) is 13.1. The second-order valence-electron chi connectivity index (χ2n) is 5.01. The minimum Gasteiger partial charge on any atom is -0.351 e. The van der Waals surface area contributed by atoms with Crippen molar-refractivity contribution in [3.8, 4) is 0 Å². The van der Waals surface area contributed by atoms with Gasteiger partial charge in [-0.05, 0) is 53.9 Å². The predicted molar refractivity (Wildman–Crippen MR) is 86.6 cm³/mol. The molecule has 108 valence electrons. The SMILES string of the molecule is Cl.O=C(NCc1ccc2sccc2c1)[C@H]1CCCCN1. The first kappa shape index (κ1) is 15.3. The Morgan fingerprint density at radius 2 is 2.25 bits per heavy atom. The molecule has 20 heavy (non-hydrogen) atoms. The quantitative estimate of drug-likeness (QED) is 0.914. The number of fused-ring (bicyclic) bond motifs is 1. The van der Waals surface area contributed by atoms with Crippen LogP contribution in [0.25, 0.3) is 10.1 Å². The monoisotopic (exact) mass is 310 g/mol. The van der Waals surface area contributed by atoms with E-state index in [0.29, 0.717) is 6.54 Å². The molecule has 0 unspecified atom stereocenters. The zero-order valence-electron chi connectivity index (χ0n) is 11.2. The summed E-state index contributed by atoms with van der Waals surface area (Å²) in [4.78, 5) is 12.0. The maximum absolute atomic E-state index is 12.0. The summed E-state index contributed by atoms with van der Waals surface area (Å²) in [6.07, 6.45) is 3.28. The van der Waals surface area contributed by atoms with Gasteiger partial charge in [0.2, 0.25) is 5.91 Å². The summed E-state index contributed by atoms with van der Waals surface area (Å²) in [7, 11) is 0. The molecule has 1 aromatic heterocycles. The normalized spacial score (nSPS) is 18.5. The minimum atomic E-state index is -0.00127. The Bertz CT molecular complexity index is 578. The Balaban J connectivity index is 0.00000147. The van der Waals surface area contributed by atoms with E-state index in [9.17, 15) is 4.79 Å². The van der Waals surface area contributed by atoms with Gasteiger partial charge in [-0.15, -0.1) is 23.7 Å². The van der Waals surface area contributed by atoms with Gasteiger partial charge in [0.1, 0.15) is 0 Å². The fraction of sp³-hybridized carbons (Fsp3) is 0.400. The molecule has 1 atom stereocenters. The largest absolute Gasteiger partial charge is 0.351 e. The average Bonchev–Trinajstić information content (AvgIpc) is 2.93. The van der Waals surface area contributed by atoms with Crippen LogP contribution in [-0.4, -0.2) is 18.5 Å². The van der Waals surface area contributed by atoms with Crippen LogP contribution in [0.2, 0.25) is 0 Å². The van der Waals surface area contributed by atoms with Crippen molar-refractivity contribution in [1.82, 2.24) is 10.6 Å². The number of nitrogens with one attached hydrogen (secondary N) is 2. The summed E-state index contributed by atoms with van der Waals surface area (Å²) in [6, 6.07) is 8.49. The second kappa shape index (κ2) is 7.07. The molecule has 5 heteroatoms. The second-order valence-corrected chi connectivity index (χ2v) is 5.96. The summed E-state index contributed by atoms with van der Waals surface area (Å²) in [5, 5.41) is 9.65. The maximum Gasteiger partial charge on any atom is 0.237 e. The van der Waals surface area contributed by atoms with Crippen LogP contribution in [0.4, 0.5) is 0 Å². The molecule has 2 heterocycles. The molecule has 1 aliphatic heterocycles. The number of rotatable bonds is 3. The molecule has 1 amide bonds. The summed E-state index contributed by atoms with van der Waals surface area (Å²) in [5.74, 6) is 0.130. The van der Waals surface area contributed by atoms with E-state index in [1.807, 2.05) is 0 Å². The van der Waals surface area contributed by atoms with Crippen molar-refractivity contribution in [1.29, 1.82) is 0 Å². The van der Waals surface area contributed by atoms with Crippen LogP contribution >= 0.6 is 23.7 Å². The van der Waals surface area contributed by atoms with Crippen LogP contribution in [0, 0.1) is 0 Å². The molecule has 0 saturated carbocycles. The number of benzene rings is 1. The van der Waals surface area contributed by atoms with Crippen molar-refractivity contribution in [2.75, 3.05) is 6.54 Å². The minimum absolute atomic E-state index is 0. The molecule has 0 spiro atoms. The highest BCUT2D eigenvalue weighted by atomic mass is 35.5. The number of hydrogen-bond donors (Lipinski definition) is 2. The molecular weight excluding hydrogens is 292 g/mol. The van der Waals surface area contributed by atoms with Gasteiger partial charge in [-0.2, -0.15) is 0 Å². The molecule has 1 fully saturated rings. The van der Waals surface area contributed by atoms with E-state index in [4.69, 9.17) is 0 Å². The van der Waals surface area contributed by atoms with Gasteiger partial charge in [-0.3, -0.25) is 4.79 Å². The zero-order valence-corrected chi connectivity index (χ0v) is 12.9. The Morgan fingerprint density at radius 1 is 1.35 bits per heavy atom. The number of amides is 1. The third-order valence-electron chi connectivity index (χ3n) is 3.61. The van der Waals surface area contributed by atoms with E-state index in [1.54, 1.807) is 11.3 Å². The van der Waals surface area contributed by atoms with E-state index < -0.39 is 0 Å². The molecule has 0 radical (unpaired) electrons. The number of halogens is 1. The first-order chi connectivity index (χ1) is 9.33. The van der Waals surface area contributed by atoms with Crippen LogP contribution < -0.4 is 10.6 Å². The van der Waals surface area contributed by atoms with Crippen LogP contribution in [0.15, 0.2) is 29.6 Å². The van der Waals surface area contributed by atoms with Gasteiger partial charge in [-0.25, -0.2) is 0 Å². The van der Waals surface area contributed by atoms with Crippen molar-refractivity contribution >= 4 is 39.7 Å². The lowest BCUT2D eigenvalue weighted by Crippen LogP contribution is -2.46. The molecule has 3 nitrogen and oxygen atoms in total. The van der Waals surface area contributed by atoms with Crippen molar-refractivity contribution in [3.63, 3.8) is 0 Å². The van der Waals surface area contributed by atoms with Crippen LogP contribution in [0.5, 0.6) is 0 Å². The molecular formula is C15H19ClN2OS. The molecule has 2 N–H and O–H groups in total. The van der Waals surface area contributed by atoms with Crippen molar-refractivity contribution < 1.29 is 4.79 Å². The van der Waals surface area contributed by atoms with Crippen molar-refractivity contribution in [3.05, 3.63) is 35.2 Å². The Hall–Kier alpha value is -1.10. The summed E-state index contributed by atoms with van der Waals surface area (Å²) < 4.78 is 1.30. The first-order valence-corrected chi connectivity index (χ1v) is 7.68.